The van der Waals surface area contributed by atoms with Gasteiger partial charge in [-0.3, -0.25) is 0 Å². The lowest BCUT2D eigenvalue weighted by Crippen LogP contribution is -2.29. The Balaban J connectivity index is 1.64. The van der Waals surface area contributed by atoms with E-state index in [1.54, 1.807) is 12.1 Å². The second-order valence-corrected chi connectivity index (χ2v) is 6.92. The summed E-state index contributed by atoms with van der Waals surface area (Å²) in [5.74, 6) is 0. The van der Waals surface area contributed by atoms with Gasteiger partial charge in [-0.05, 0) is 40.9 Å². The van der Waals surface area contributed by atoms with E-state index >= 15 is 0 Å². The Labute approximate surface area is 163 Å². The molecule has 0 fully saturated rings. The van der Waals surface area contributed by atoms with Crippen molar-refractivity contribution in [1.29, 1.82) is 0 Å². The molecule has 0 radical (unpaired) electrons. The van der Waals surface area contributed by atoms with E-state index in [1.165, 1.54) is 21.8 Å². The largest absolute Gasteiger partial charge is 0.488 e. The number of aromatic nitrogens is 1. The molecule has 3 nitrogen and oxygen atoms in total. The Morgan fingerprint density at radius 2 is 1.18 bits per heavy atom. The van der Waals surface area contributed by atoms with Gasteiger partial charge in [0.1, 0.15) is 0 Å². The molecule has 0 amide bonds. The Hall–Kier alpha value is -3.34. The van der Waals surface area contributed by atoms with Gasteiger partial charge in [0.15, 0.2) is 0 Å². The summed E-state index contributed by atoms with van der Waals surface area (Å²) in [6.07, 6.45) is 0. The van der Waals surface area contributed by atoms with Gasteiger partial charge in [0.25, 0.3) is 0 Å². The minimum absolute atomic E-state index is 0.490. The van der Waals surface area contributed by atoms with Crippen LogP contribution in [0, 0.1) is 0 Å². The van der Waals surface area contributed by atoms with Crippen LogP contribution in [0.3, 0.4) is 0 Å². The van der Waals surface area contributed by atoms with Crippen molar-refractivity contribution in [2.24, 2.45) is 0 Å². The normalized spacial score (nSPS) is 11.2. The standard InChI is InChI=1S/C24H18BNO2/c27-25(28)19-7-5-6-18(16-19)17-12-14-20(15-13-17)26-23-10-3-1-8-21(23)22-9-2-4-11-24(22)26/h1-16,27-28H. The van der Waals surface area contributed by atoms with Crippen LogP contribution in [0.4, 0.5) is 0 Å². The van der Waals surface area contributed by atoms with Crippen LogP contribution in [-0.2, 0) is 0 Å². The van der Waals surface area contributed by atoms with Crippen LogP contribution in [0.2, 0.25) is 0 Å². The van der Waals surface area contributed by atoms with E-state index in [0.717, 1.165) is 16.8 Å². The summed E-state index contributed by atoms with van der Waals surface area (Å²) in [5, 5.41) is 21.3. The van der Waals surface area contributed by atoms with Crippen LogP contribution in [0.25, 0.3) is 38.6 Å². The average molecular weight is 363 g/mol. The molecule has 0 saturated heterocycles. The first-order chi connectivity index (χ1) is 13.7. The highest BCUT2D eigenvalue weighted by atomic mass is 16.4. The molecule has 0 aliphatic rings. The molecule has 0 unspecified atom stereocenters. The molecule has 0 aliphatic heterocycles. The molecule has 134 valence electrons. The van der Waals surface area contributed by atoms with Gasteiger partial charge in [0, 0.05) is 16.5 Å². The van der Waals surface area contributed by atoms with Crippen LogP contribution in [0.1, 0.15) is 0 Å². The topological polar surface area (TPSA) is 45.4 Å². The molecule has 0 atom stereocenters. The molecular formula is C24H18BNO2. The van der Waals surface area contributed by atoms with Crippen molar-refractivity contribution in [2.45, 2.75) is 0 Å². The number of nitrogens with zero attached hydrogens (tertiary/aromatic N) is 1. The van der Waals surface area contributed by atoms with E-state index in [-0.39, 0.29) is 0 Å². The van der Waals surface area contributed by atoms with Crippen LogP contribution < -0.4 is 5.46 Å². The number of hydrogen-bond acceptors (Lipinski definition) is 2. The van der Waals surface area contributed by atoms with E-state index in [0.29, 0.717) is 5.46 Å². The van der Waals surface area contributed by atoms with Crippen molar-refractivity contribution in [2.75, 3.05) is 0 Å². The maximum Gasteiger partial charge on any atom is 0.488 e. The number of hydrogen-bond donors (Lipinski definition) is 2. The van der Waals surface area contributed by atoms with Crippen molar-refractivity contribution in [3.05, 3.63) is 97.1 Å². The molecule has 2 N–H and O–H groups in total. The van der Waals surface area contributed by atoms with Gasteiger partial charge in [-0.2, -0.15) is 0 Å². The number of para-hydroxylation sites is 2. The Bertz CT molecular complexity index is 1240. The molecule has 28 heavy (non-hydrogen) atoms. The Morgan fingerprint density at radius 1 is 0.571 bits per heavy atom. The highest BCUT2D eigenvalue weighted by Gasteiger charge is 2.13. The first kappa shape index (κ1) is 16.8. The van der Waals surface area contributed by atoms with Crippen LogP contribution in [0.15, 0.2) is 97.1 Å². The quantitative estimate of drug-likeness (QED) is 0.474. The summed E-state index contributed by atoms with van der Waals surface area (Å²) in [7, 11) is -1.46. The third kappa shape index (κ3) is 2.71. The van der Waals surface area contributed by atoms with Gasteiger partial charge in [-0.1, -0.05) is 72.8 Å². The van der Waals surface area contributed by atoms with Gasteiger partial charge in [-0.25, -0.2) is 0 Å². The first-order valence-corrected chi connectivity index (χ1v) is 9.27. The minimum Gasteiger partial charge on any atom is -0.423 e. The fourth-order valence-corrected chi connectivity index (χ4v) is 3.88. The molecule has 1 heterocycles. The first-order valence-electron chi connectivity index (χ1n) is 9.27. The zero-order valence-corrected chi connectivity index (χ0v) is 15.2. The maximum absolute atomic E-state index is 9.42. The van der Waals surface area contributed by atoms with Crippen molar-refractivity contribution < 1.29 is 10.0 Å². The van der Waals surface area contributed by atoms with Crippen molar-refractivity contribution >= 4 is 34.4 Å². The van der Waals surface area contributed by atoms with Crippen LogP contribution in [-0.4, -0.2) is 21.7 Å². The number of benzene rings is 4. The maximum atomic E-state index is 9.42. The second-order valence-electron chi connectivity index (χ2n) is 6.92. The zero-order chi connectivity index (χ0) is 19.1. The summed E-state index contributed by atoms with van der Waals surface area (Å²) < 4.78 is 2.28. The summed E-state index contributed by atoms with van der Waals surface area (Å²) >= 11 is 0. The predicted octanol–water partition coefficient (Wildman–Crippen LogP) is 4.13. The predicted molar refractivity (Wildman–Crippen MR) is 116 cm³/mol. The Morgan fingerprint density at radius 3 is 1.79 bits per heavy atom. The molecule has 1 aromatic heterocycles. The summed E-state index contributed by atoms with van der Waals surface area (Å²) in [5.41, 5.74) is 5.94. The molecule has 0 spiro atoms. The average Bonchev–Trinajstić information content (AvgIpc) is 3.08. The smallest absolute Gasteiger partial charge is 0.423 e. The van der Waals surface area contributed by atoms with Gasteiger partial charge < -0.3 is 14.6 Å². The summed E-state index contributed by atoms with van der Waals surface area (Å²) in [6, 6.07) is 32.6. The Kier molecular flexibility index (Phi) is 4.01. The van der Waals surface area contributed by atoms with Crippen molar-refractivity contribution in [1.82, 2.24) is 4.57 Å². The molecule has 4 heteroatoms. The lowest BCUT2D eigenvalue weighted by molar-refractivity contribution is 0.426. The molecule has 4 aromatic carbocycles. The van der Waals surface area contributed by atoms with Gasteiger partial charge in [-0.15, -0.1) is 0 Å². The van der Waals surface area contributed by atoms with Crippen molar-refractivity contribution in [3.8, 4) is 16.8 Å². The van der Waals surface area contributed by atoms with E-state index < -0.39 is 7.12 Å². The van der Waals surface area contributed by atoms with E-state index in [2.05, 4.69) is 77.4 Å². The molecule has 0 bridgehead atoms. The van der Waals surface area contributed by atoms with Gasteiger partial charge in [0.05, 0.1) is 11.0 Å². The fourth-order valence-electron chi connectivity index (χ4n) is 3.88. The molecule has 0 aliphatic carbocycles. The molecule has 0 saturated carbocycles. The molecule has 5 aromatic rings. The van der Waals surface area contributed by atoms with Crippen LogP contribution >= 0.6 is 0 Å². The van der Waals surface area contributed by atoms with Crippen LogP contribution in [0.5, 0.6) is 0 Å². The number of rotatable bonds is 3. The monoisotopic (exact) mass is 363 g/mol. The summed E-state index contributed by atoms with van der Waals surface area (Å²) in [4.78, 5) is 0. The van der Waals surface area contributed by atoms with E-state index in [9.17, 15) is 10.0 Å². The van der Waals surface area contributed by atoms with Gasteiger partial charge in [0.2, 0.25) is 0 Å². The van der Waals surface area contributed by atoms with Crippen molar-refractivity contribution in [3.63, 3.8) is 0 Å². The molecule has 5 rings (SSSR count). The third-order valence-electron chi connectivity index (χ3n) is 5.22. The lowest BCUT2D eigenvalue weighted by atomic mass is 9.79. The second kappa shape index (κ2) is 6.68. The lowest BCUT2D eigenvalue weighted by Gasteiger charge is -2.10. The zero-order valence-electron chi connectivity index (χ0n) is 15.2. The molecular weight excluding hydrogens is 345 g/mol. The number of fused-ring (bicyclic) bond motifs is 3. The highest BCUT2D eigenvalue weighted by molar-refractivity contribution is 6.58. The SMILES string of the molecule is OB(O)c1cccc(-c2ccc(-n3c4ccccc4c4ccccc43)cc2)c1. The fraction of sp³-hybridized carbons (Fsp3) is 0. The third-order valence-corrected chi connectivity index (χ3v) is 5.22. The summed E-state index contributed by atoms with van der Waals surface area (Å²) in [6.45, 7) is 0. The van der Waals surface area contributed by atoms with E-state index in [4.69, 9.17) is 0 Å². The highest BCUT2D eigenvalue weighted by Crippen LogP contribution is 2.32. The van der Waals surface area contributed by atoms with E-state index in [1.807, 2.05) is 12.1 Å². The van der Waals surface area contributed by atoms with Gasteiger partial charge >= 0.3 is 7.12 Å². The minimum atomic E-state index is -1.46.